The first-order chi connectivity index (χ1) is 7.56. The van der Waals surface area contributed by atoms with Crippen LogP contribution in [0.5, 0.6) is 0 Å². The molecule has 16 heavy (non-hydrogen) atoms. The van der Waals surface area contributed by atoms with Crippen LogP contribution in [-0.2, 0) is 0 Å². The molecule has 0 heterocycles. The molecule has 90 valence electrons. The Balaban J connectivity index is 2.75. The molecule has 4 heteroatoms. The van der Waals surface area contributed by atoms with Crippen LogP contribution in [0.1, 0.15) is 26.2 Å². The summed E-state index contributed by atoms with van der Waals surface area (Å²) >= 11 is 5.73. The number of unbranched alkanes of at least 4 members (excludes halogenated alkanes) is 2. The first-order valence-electron chi connectivity index (χ1n) is 5.52. The van der Waals surface area contributed by atoms with Gasteiger partial charge in [-0.2, -0.15) is 0 Å². The Kier molecular flexibility index (Phi) is 4.87. The standard InChI is InChI=1S/C12H18ClFN2/c1-3-4-5-6-16(2)12-7-9(13)10(14)8-11(12)15/h7-8H,3-6,15H2,1-2H3. The minimum Gasteiger partial charge on any atom is -0.397 e. The van der Waals surface area contributed by atoms with Crippen molar-refractivity contribution >= 4 is 23.0 Å². The molecule has 2 nitrogen and oxygen atoms in total. The zero-order valence-corrected chi connectivity index (χ0v) is 10.5. The number of nitrogens with zero attached hydrogens (tertiary/aromatic N) is 1. The number of nitrogen functional groups attached to an aromatic ring is 1. The Hall–Kier alpha value is -0.960. The number of nitrogens with two attached hydrogens (primary N) is 1. The summed E-state index contributed by atoms with van der Waals surface area (Å²) in [6.07, 6.45) is 3.45. The molecule has 1 aromatic carbocycles. The molecule has 0 atom stereocenters. The summed E-state index contributed by atoms with van der Waals surface area (Å²) in [6.45, 7) is 3.06. The molecule has 1 aromatic rings. The lowest BCUT2D eigenvalue weighted by atomic mass is 10.2. The molecular formula is C12H18ClFN2. The summed E-state index contributed by atoms with van der Waals surface area (Å²) < 4.78 is 13.1. The van der Waals surface area contributed by atoms with Crippen LogP contribution in [0.15, 0.2) is 12.1 Å². The van der Waals surface area contributed by atoms with Gasteiger partial charge < -0.3 is 10.6 Å². The topological polar surface area (TPSA) is 29.3 Å². The quantitative estimate of drug-likeness (QED) is 0.632. The van der Waals surface area contributed by atoms with E-state index in [0.29, 0.717) is 5.69 Å². The lowest BCUT2D eigenvalue weighted by molar-refractivity contribution is 0.628. The van der Waals surface area contributed by atoms with Crippen LogP contribution in [0.4, 0.5) is 15.8 Å². The fraction of sp³-hybridized carbons (Fsp3) is 0.500. The highest BCUT2D eigenvalue weighted by atomic mass is 35.5. The van der Waals surface area contributed by atoms with Crippen molar-refractivity contribution in [1.29, 1.82) is 0 Å². The van der Waals surface area contributed by atoms with E-state index in [1.54, 1.807) is 6.07 Å². The Morgan fingerprint density at radius 3 is 2.69 bits per heavy atom. The molecule has 0 amide bonds. The van der Waals surface area contributed by atoms with E-state index in [2.05, 4.69) is 6.92 Å². The fourth-order valence-corrected chi connectivity index (χ4v) is 1.76. The van der Waals surface area contributed by atoms with E-state index in [1.165, 1.54) is 18.9 Å². The van der Waals surface area contributed by atoms with Gasteiger partial charge in [-0.3, -0.25) is 0 Å². The molecule has 1 rings (SSSR count). The summed E-state index contributed by atoms with van der Waals surface area (Å²) in [4.78, 5) is 2.01. The Morgan fingerprint density at radius 1 is 1.38 bits per heavy atom. The number of anilines is 2. The van der Waals surface area contributed by atoms with E-state index in [1.807, 2.05) is 11.9 Å². The van der Waals surface area contributed by atoms with Gasteiger partial charge in [0.1, 0.15) is 5.82 Å². The minimum atomic E-state index is -0.468. The molecule has 0 bridgehead atoms. The van der Waals surface area contributed by atoms with Crippen LogP contribution in [0.2, 0.25) is 5.02 Å². The second-order valence-electron chi connectivity index (χ2n) is 3.95. The third-order valence-electron chi connectivity index (χ3n) is 2.58. The van der Waals surface area contributed by atoms with Crippen molar-refractivity contribution in [2.75, 3.05) is 24.2 Å². The summed E-state index contributed by atoms with van der Waals surface area (Å²) in [5, 5.41) is 0.117. The van der Waals surface area contributed by atoms with Crippen molar-refractivity contribution in [3.63, 3.8) is 0 Å². The molecular weight excluding hydrogens is 227 g/mol. The van der Waals surface area contributed by atoms with Gasteiger partial charge in [0.25, 0.3) is 0 Å². The van der Waals surface area contributed by atoms with Crippen molar-refractivity contribution in [2.24, 2.45) is 0 Å². The van der Waals surface area contributed by atoms with Gasteiger partial charge in [-0.05, 0) is 12.5 Å². The number of halogens is 2. The zero-order chi connectivity index (χ0) is 12.1. The predicted molar refractivity (Wildman–Crippen MR) is 68.6 cm³/mol. The van der Waals surface area contributed by atoms with Crippen molar-refractivity contribution in [3.05, 3.63) is 23.0 Å². The van der Waals surface area contributed by atoms with E-state index in [0.717, 1.165) is 18.7 Å². The van der Waals surface area contributed by atoms with Gasteiger partial charge in [0.2, 0.25) is 0 Å². The van der Waals surface area contributed by atoms with Gasteiger partial charge in [0.15, 0.2) is 0 Å². The van der Waals surface area contributed by atoms with Crippen LogP contribution in [0.25, 0.3) is 0 Å². The molecule has 0 aliphatic rings. The van der Waals surface area contributed by atoms with Gasteiger partial charge >= 0.3 is 0 Å². The molecule has 0 radical (unpaired) electrons. The Morgan fingerprint density at radius 2 is 2.06 bits per heavy atom. The lowest BCUT2D eigenvalue weighted by Crippen LogP contribution is -2.19. The monoisotopic (exact) mass is 244 g/mol. The largest absolute Gasteiger partial charge is 0.397 e. The highest BCUT2D eigenvalue weighted by Gasteiger charge is 2.09. The third kappa shape index (κ3) is 3.27. The smallest absolute Gasteiger partial charge is 0.143 e. The molecule has 0 saturated heterocycles. The van der Waals surface area contributed by atoms with E-state index in [4.69, 9.17) is 17.3 Å². The maximum Gasteiger partial charge on any atom is 0.143 e. The van der Waals surface area contributed by atoms with Crippen molar-refractivity contribution in [3.8, 4) is 0 Å². The van der Waals surface area contributed by atoms with Crippen molar-refractivity contribution < 1.29 is 4.39 Å². The van der Waals surface area contributed by atoms with Crippen molar-refractivity contribution in [2.45, 2.75) is 26.2 Å². The minimum absolute atomic E-state index is 0.117. The zero-order valence-electron chi connectivity index (χ0n) is 9.76. The van der Waals surface area contributed by atoms with Gasteiger partial charge in [-0.1, -0.05) is 31.4 Å². The molecule has 0 unspecified atom stereocenters. The van der Waals surface area contributed by atoms with Gasteiger partial charge in [0.05, 0.1) is 16.4 Å². The second-order valence-corrected chi connectivity index (χ2v) is 4.36. The van der Waals surface area contributed by atoms with Crippen LogP contribution in [0.3, 0.4) is 0 Å². The summed E-state index contributed by atoms with van der Waals surface area (Å²) in [5.74, 6) is -0.468. The molecule has 0 fully saturated rings. The first kappa shape index (κ1) is 13.1. The van der Waals surface area contributed by atoms with Crippen LogP contribution >= 0.6 is 11.6 Å². The number of benzene rings is 1. The van der Waals surface area contributed by atoms with Crippen LogP contribution in [-0.4, -0.2) is 13.6 Å². The molecule has 0 saturated carbocycles. The number of rotatable bonds is 5. The molecule has 0 aromatic heterocycles. The van der Waals surface area contributed by atoms with Crippen LogP contribution < -0.4 is 10.6 Å². The highest BCUT2D eigenvalue weighted by Crippen LogP contribution is 2.28. The van der Waals surface area contributed by atoms with Gasteiger partial charge in [0, 0.05) is 19.7 Å². The Labute approximate surface area is 101 Å². The van der Waals surface area contributed by atoms with Crippen LogP contribution in [0, 0.1) is 5.82 Å². The second kappa shape index (κ2) is 5.94. The average molecular weight is 245 g/mol. The summed E-state index contributed by atoms with van der Waals surface area (Å²) in [6, 6.07) is 2.85. The fourth-order valence-electron chi connectivity index (χ4n) is 1.60. The van der Waals surface area contributed by atoms with Gasteiger partial charge in [-0.15, -0.1) is 0 Å². The normalized spacial score (nSPS) is 10.5. The number of hydrogen-bond donors (Lipinski definition) is 1. The Bertz CT molecular complexity index is 355. The number of hydrogen-bond acceptors (Lipinski definition) is 2. The van der Waals surface area contributed by atoms with E-state index in [9.17, 15) is 4.39 Å². The summed E-state index contributed by atoms with van der Waals surface area (Å²) in [5.41, 5.74) is 6.98. The molecule has 0 aliphatic carbocycles. The SMILES string of the molecule is CCCCCN(C)c1cc(Cl)c(F)cc1N. The van der Waals surface area contributed by atoms with E-state index >= 15 is 0 Å². The maximum absolute atomic E-state index is 13.1. The van der Waals surface area contributed by atoms with E-state index in [-0.39, 0.29) is 5.02 Å². The maximum atomic E-state index is 13.1. The molecule has 0 aliphatic heterocycles. The van der Waals surface area contributed by atoms with E-state index < -0.39 is 5.82 Å². The van der Waals surface area contributed by atoms with Gasteiger partial charge in [-0.25, -0.2) is 4.39 Å². The molecule has 2 N–H and O–H groups in total. The highest BCUT2D eigenvalue weighted by molar-refractivity contribution is 6.31. The van der Waals surface area contributed by atoms with Crippen molar-refractivity contribution in [1.82, 2.24) is 0 Å². The first-order valence-corrected chi connectivity index (χ1v) is 5.89. The summed E-state index contributed by atoms with van der Waals surface area (Å²) in [7, 11) is 1.94. The molecule has 0 spiro atoms. The lowest BCUT2D eigenvalue weighted by Gasteiger charge is -2.21. The third-order valence-corrected chi connectivity index (χ3v) is 2.87. The average Bonchev–Trinajstić information content (AvgIpc) is 2.23. The predicted octanol–water partition coefficient (Wildman–Crippen LogP) is 3.69.